The number of benzene rings is 5. The molecule has 312 valence electrons. The van der Waals surface area contributed by atoms with Gasteiger partial charge in [-0.05, 0) is 84.1 Å². The number of oxazole rings is 1. The van der Waals surface area contributed by atoms with Crippen LogP contribution in [0.1, 0.15) is 80.1 Å². The average molecular weight is 832 g/mol. The molecule has 4 aliphatic carbocycles. The Hall–Kier alpha value is -5.19. The molecule has 0 unspecified atom stereocenters. The SMILES string of the molecule is C[C@@H]1[C@H](CSc2nc(-c3ccccc3)c(-c3ccccc3)o2)O[C@H](c2ccc(-c3ccccc3CNC(=O)NC34CC5CC(CC(C5)C3)C4)cc2)O[C@@H]1c1ccc(CO)cc1. The quantitative estimate of drug-likeness (QED) is 0.105. The molecule has 11 rings (SSSR count). The van der Waals surface area contributed by atoms with E-state index in [1.165, 1.54) is 19.3 Å². The van der Waals surface area contributed by atoms with Gasteiger partial charge in [0.05, 0.1) is 18.8 Å². The number of carbonyl (C=O) groups is 1. The number of rotatable bonds is 12. The molecule has 0 spiro atoms. The largest absolute Gasteiger partial charge is 0.431 e. The molecule has 0 radical (unpaired) electrons. The molecule has 3 N–H and O–H groups in total. The Labute approximate surface area is 362 Å². The van der Waals surface area contributed by atoms with Gasteiger partial charge in [0.1, 0.15) is 5.69 Å². The Morgan fingerprint density at radius 1 is 0.738 bits per heavy atom. The van der Waals surface area contributed by atoms with Crippen LogP contribution in [-0.2, 0) is 22.6 Å². The van der Waals surface area contributed by atoms with Gasteiger partial charge in [-0.3, -0.25) is 0 Å². The maximum atomic E-state index is 13.4. The first-order valence-electron chi connectivity index (χ1n) is 21.9. The molecule has 5 fully saturated rings. The first-order valence-corrected chi connectivity index (χ1v) is 22.9. The summed E-state index contributed by atoms with van der Waals surface area (Å²) in [6.07, 6.45) is 6.37. The summed E-state index contributed by atoms with van der Waals surface area (Å²) in [5.74, 6) is 3.67. The Kier molecular flexibility index (Phi) is 11.3. The number of aromatic nitrogens is 1. The molecule has 61 heavy (non-hydrogen) atoms. The van der Waals surface area contributed by atoms with Crippen molar-refractivity contribution in [2.45, 2.75) is 87.9 Å². The van der Waals surface area contributed by atoms with E-state index in [0.29, 0.717) is 17.5 Å². The van der Waals surface area contributed by atoms with Gasteiger partial charge in [0, 0.05) is 40.4 Å². The third kappa shape index (κ3) is 8.54. The lowest BCUT2D eigenvalue weighted by molar-refractivity contribution is -0.268. The Morgan fingerprint density at radius 2 is 1.36 bits per heavy atom. The van der Waals surface area contributed by atoms with Crippen LogP contribution in [0.25, 0.3) is 33.7 Å². The number of hydrogen-bond donors (Lipinski definition) is 3. The summed E-state index contributed by atoms with van der Waals surface area (Å²) >= 11 is 1.55. The minimum absolute atomic E-state index is 0.000304. The standard InChI is InChI=1S/C52H53N3O5S/c1-33-45(32-61-51-54-46(39-10-4-2-5-11-39)48(60-51)40-12-6-3-7-13-40)58-49(59-47(33)41-18-16-34(31-56)17-19-41)42-22-20-38(21-23-42)44-15-9-8-14-43(44)30-53-50(57)55-52-27-35-24-36(28-52)26-37(25-35)29-52/h2-23,33,35-37,45,47,49,56H,24-32H2,1H3,(H2,53,55,57)/t33-,35?,36?,37?,45+,47+,49+,52?/m1/s1. The van der Waals surface area contributed by atoms with E-state index < -0.39 is 6.29 Å². The highest BCUT2D eigenvalue weighted by atomic mass is 32.2. The summed E-state index contributed by atoms with van der Waals surface area (Å²) in [5, 5.41) is 17.0. The van der Waals surface area contributed by atoms with Crippen LogP contribution in [0.3, 0.4) is 0 Å². The monoisotopic (exact) mass is 831 g/mol. The molecule has 1 aliphatic heterocycles. The molecule has 4 saturated carbocycles. The van der Waals surface area contributed by atoms with Crippen molar-refractivity contribution in [2.24, 2.45) is 23.7 Å². The molecule has 1 saturated heterocycles. The van der Waals surface area contributed by atoms with E-state index in [1.54, 1.807) is 11.8 Å². The van der Waals surface area contributed by atoms with Crippen molar-refractivity contribution < 1.29 is 23.8 Å². The van der Waals surface area contributed by atoms with Crippen molar-refractivity contribution in [3.05, 3.63) is 156 Å². The molecule has 1 aromatic heterocycles. The van der Waals surface area contributed by atoms with Crippen molar-refractivity contribution in [1.29, 1.82) is 0 Å². The molecular weight excluding hydrogens is 779 g/mol. The molecule has 9 heteroatoms. The predicted octanol–water partition coefficient (Wildman–Crippen LogP) is 11.5. The van der Waals surface area contributed by atoms with Crippen LogP contribution >= 0.6 is 11.8 Å². The lowest BCUT2D eigenvalue weighted by Gasteiger charge is -2.56. The van der Waals surface area contributed by atoms with E-state index in [0.717, 1.165) is 93.0 Å². The maximum absolute atomic E-state index is 13.4. The zero-order valence-electron chi connectivity index (χ0n) is 34.5. The van der Waals surface area contributed by atoms with Crippen LogP contribution in [0.15, 0.2) is 143 Å². The van der Waals surface area contributed by atoms with E-state index >= 15 is 0 Å². The van der Waals surface area contributed by atoms with Crippen LogP contribution < -0.4 is 10.6 Å². The summed E-state index contributed by atoms with van der Waals surface area (Å²) in [4.78, 5) is 18.4. The number of thioether (sulfide) groups is 1. The van der Waals surface area contributed by atoms with Gasteiger partial charge < -0.3 is 29.6 Å². The highest BCUT2D eigenvalue weighted by Crippen LogP contribution is 2.55. The highest BCUT2D eigenvalue weighted by molar-refractivity contribution is 7.99. The molecule has 5 aromatic carbocycles. The van der Waals surface area contributed by atoms with Crippen LogP contribution in [0, 0.1) is 23.7 Å². The fraction of sp³-hybridized carbons (Fsp3) is 0.346. The first kappa shape index (κ1) is 39.9. The van der Waals surface area contributed by atoms with Gasteiger partial charge in [0.25, 0.3) is 5.22 Å². The minimum atomic E-state index is -0.618. The molecule has 5 aliphatic rings. The number of nitrogens with one attached hydrogen (secondary N) is 2. The van der Waals surface area contributed by atoms with E-state index in [1.807, 2.05) is 84.9 Å². The second-order valence-electron chi connectivity index (χ2n) is 17.8. The van der Waals surface area contributed by atoms with Gasteiger partial charge >= 0.3 is 6.03 Å². The number of ether oxygens (including phenoxy) is 2. The van der Waals surface area contributed by atoms with Gasteiger partial charge in [-0.25, -0.2) is 9.78 Å². The van der Waals surface area contributed by atoms with Gasteiger partial charge in [-0.1, -0.05) is 152 Å². The fourth-order valence-corrected chi connectivity index (χ4v) is 11.9. The number of aliphatic hydroxyl groups excluding tert-OH is 1. The van der Waals surface area contributed by atoms with E-state index in [-0.39, 0.29) is 36.3 Å². The second-order valence-corrected chi connectivity index (χ2v) is 18.8. The van der Waals surface area contributed by atoms with E-state index in [4.69, 9.17) is 18.9 Å². The smallest absolute Gasteiger partial charge is 0.315 e. The van der Waals surface area contributed by atoms with Crippen molar-refractivity contribution >= 4 is 17.8 Å². The summed E-state index contributed by atoms with van der Waals surface area (Å²) < 4.78 is 20.1. The summed E-state index contributed by atoms with van der Waals surface area (Å²) in [6, 6.07) is 44.9. The van der Waals surface area contributed by atoms with Crippen LogP contribution in [-0.4, -0.2) is 33.5 Å². The van der Waals surface area contributed by atoms with E-state index in [2.05, 4.69) is 66.1 Å². The lowest BCUT2D eigenvalue weighted by atomic mass is 9.53. The first-order chi connectivity index (χ1) is 29.9. The number of nitrogens with zero attached hydrogens (tertiary/aromatic N) is 1. The zero-order valence-corrected chi connectivity index (χ0v) is 35.4. The number of carbonyl (C=O) groups excluding carboxylic acids is 1. The Bertz CT molecular complexity index is 2350. The topological polar surface area (TPSA) is 106 Å². The van der Waals surface area contributed by atoms with Crippen LogP contribution in [0.4, 0.5) is 4.79 Å². The van der Waals surface area contributed by atoms with Crippen molar-refractivity contribution in [3.63, 3.8) is 0 Å². The van der Waals surface area contributed by atoms with Crippen molar-refractivity contribution in [1.82, 2.24) is 15.6 Å². The van der Waals surface area contributed by atoms with Gasteiger partial charge in [-0.2, -0.15) is 0 Å². The predicted molar refractivity (Wildman–Crippen MR) is 239 cm³/mol. The van der Waals surface area contributed by atoms with Crippen LogP contribution in [0.5, 0.6) is 0 Å². The van der Waals surface area contributed by atoms with E-state index in [9.17, 15) is 9.90 Å². The minimum Gasteiger partial charge on any atom is -0.431 e. The lowest BCUT2D eigenvalue weighted by Crippen LogP contribution is -2.61. The second kappa shape index (κ2) is 17.3. The number of amides is 2. The zero-order chi connectivity index (χ0) is 41.3. The molecule has 2 heterocycles. The summed E-state index contributed by atoms with van der Waals surface area (Å²) in [5.41, 5.74) is 8.77. The number of hydrogen-bond acceptors (Lipinski definition) is 7. The number of urea groups is 1. The third-order valence-electron chi connectivity index (χ3n) is 13.6. The third-order valence-corrected chi connectivity index (χ3v) is 14.5. The highest BCUT2D eigenvalue weighted by Gasteiger charge is 2.51. The van der Waals surface area contributed by atoms with Gasteiger partial charge in [0.2, 0.25) is 0 Å². The molecule has 4 atom stereocenters. The Balaban J connectivity index is 0.861. The van der Waals surface area contributed by atoms with Crippen LogP contribution in [0.2, 0.25) is 0 Å². The van der Waals surface area contributed by atoms with Gasteiger partial charge in [-0.15, -0.1) is 0 Å². The average Bonchev–Trinajstić information content (AvgIpc) is 3.73. The molecule has 2 amide bonds. The molecular formula is C52H53N3O5S. The van der Waals surface area contributed by atoms with Gasteiger partial charge in [0.15, 0.2) is 12.1 Å². The summed E-state index contributed by atoms with van der Waals surface area (Å²) in [7, 11) is 0. The molecule has 6 aromatic rings. The summed E-state index contributed by atoms with van der Waals surface area (Å²) in [6.45, 7) is 2.60. The molecule has 8 nitrogen and oxygen atoms in total. The number of aliphatic hydroxyl groups is 1. The fourth-order valence-electron chi connectivity index (χ4n) is 10.9. The van der Waals surface area contributed by atoms with Crippen molar-refractivity contribution in [3.8, 4) is 33.7 Å². The maximum Gasteiger partial charge on any atom is 0.315 e. The molecule has 4 bridgehead atoms. The van der Waals surface area contributed by atoms with Crippen molar-refractivity contribution in [2.75, 3.05) is 5.75 Å². The Morgan fingerprint density at radius 3 is 2.03 bits per heavy atom. The normalized spacial score (nSPS) is 26.6.